The van der Waals surface area contributed by atoms with Crippen molar-refractivity contribution in [3.63, 3.8) is 0 Å². The molecule has 0 aromatic heterocycles. The first-order valence-corrected chi connectivity index (χ1v) is 9.82. The minimum atomic E-state index is -0.293. The van der Waals surface area contributed by atoms with Crippen LogP contribution in [0.4, 0.5) is 0 Å². The molecule has 0 radical (unpaired) electrons. The number of hydrogen-bond acceptors (Lipinski definition) is 4. The Bertz CT molecular complexity index is 864. The number of benzene rings is 2. The average molecular weight is 396 g/mol. The zero-order chi connectivity index (χ0) is 20.8. The van der Waals surface area contributed by atoms with Crippen molar-refractivity contribution in [2.24, 2.45) is 5.92 Å². The summed E-state index contributed by atoms with van der Waals surface area (Å²) in [7, 11) is 3.20. The molecule has 1 heterocycles. The Morgan fingerprint density at radius 3 is 2.45 bits per heavy atom. The number of likely N-dealkylation sites (tertiary alicyclic amines) is 1. The van der Waals surface area contributed by atoms with Crippen molar-refractivity contribution in [1.82, 2.24) is 10.2 Å². The van der Waals surface area contributed by atoms with Crippen molar-refractivity contribution in [2.75, 3.05) is 27.3 Å². The Kier molecular flexibility index (Phi) is 6.75. The number of carbonyl (C=O) groups is 2. The zero-order valence-corrected chi connectivity index (χ0v) is 17.2. The average Bonchev–Trinajstić information content (AvgIpc) is 3.12. The van der Waals surface area contributed by atoms with Crippen LogP contribution in [0, 0.1) is 12.8 Å². The molecular formula is C23H28N2O4. The lowest BCUT2D eigenvalue weighted by atomic mass is 10.1. The first-order chi connectivity index (χ1) is 14.0. The van der Waals surface area contributed by atoms with E-state index >= 15 is 0 Å². The summed E-state index contributed by atoms with van der Waals surface area (Å²) in [5, 5.41) is 2.95. The van der Waals surface area contributed by atoms with Crippen LogP contribution in [0.1, 0.15) is 23.1 Å². The number of aryl methyl sites for hydroxylation is 1. The topological polar surface area (TPSA) is 67.9 Å². The van der Waals surface area contributed by atoms with E-state index in [1.54, 1.807) is 19.1 Å². The predicted molar refractivity (Wildman–Crippen MR) is 111 cm³/mol. The number of hydrogen-bond donors (Lipinski definition) is 1. The molecule has 154 valence electrons. The molecular weight excluding hydrogens is 368 g/mol. The maximum Gasteiger partial charge on any atom is 0.225 e. The summed E-state index contributed by atoms with van der Waals surface area (Å²) < 4.78 is 10.6. The molecule has 3 rings (SSSR count). The van der Waals surface area contributed by atoms with Gasteiger partial charge in [0.15, 0.2) is 11.5 Å². The van der Waals surface area contributed by atoms with Crippen molar-refractivity contribution in [2.45, 2.75) is 26.3 Å². The number of amides is 2. The van der Waals surface area contributed by atoms with Gasteiger partial charge in [-0.05, 0) is 36.6 Å². The van der Waals surface area contributed by atoms with Crippen molar-refractivity contribution in [1.29, 1.82) is 0 Å². The molecule has 1 saturated heterocycles. The third-order valence-corrected chi connectivity index (χ3v) is 5.29. The van der Waals surface area contributed by atoms with E-state index in [1.807, 2.05) is 49.4 Å². The molecule has 29 heavy (non-hydrogen) atoms. The summed E-state index contributed by atoms with van der Waals surface area (Å²) in [6.45, 7) is 3.56. The highest BCUT2D eigenvalue weighted by Crippen LogP contribution is 2.28. The molecule has 2 aromatic rings. The van der Waals surface area contributed by atoms with E-state index in [0.29, 0.717) is 37.6 Å². The number of methoxy groups -OCH3 is 2. The van der Waals surface area contributed by atoms with Gasteiger partial charge in [-0.1, -0.05) is 35.9 Å². The van der Waals surface area contributed by atoms with Crippen LogP contribution in [0.5, 0.6) is 11.5 Å². The monoisotopic (exact) mass is 396 g/mol. The highest BCUT2D eigenvalue weighted by Gasteiger charge is 2.33. The maximum atomic E-state index is 12.5. The Hall–Kier alpha value is -3.02. The van der Waals surface area contributed by atoms with Gasteiger partial charge in [0.25, 0.3) is 0 Å². The van der Waals surface area contributed by atoms with Gasteiger partial charge < -0.3 is 19.7 Å². The molecule has 0 saturated carbocycles. The molecule has 2 aromatic carbocycles. The number of rotatable bonds is 8. The summed E-state index contributed by atoms with van der Waals surface area (Å²) in [5.74, 6) is 1.02. The highest BCUT2D eigenvalue weighted by atomic mass is 16.5. The molecule has 2 amide bonds. The lowest BCUT2D eigenvalue weighted by molar-refractivity contribution is -0.129. The molecule has 6 nitrogen and oxygen atoms in total. The van der Waals surface area contributed by atoms with Gasteiger partial charge in [0.05, 0.1) is 20.1 Å². The van der Waals surface area contributed by atoms with E-state index in [9.17, 15) is 9.59 Å². The first-order valence-electron chi connectivity index (χ1n) is 9.82. The Morgan fingerprint density at radius 1 is 1.07 bits per heavy atom. The summed E-state index contributed by atoms with van der Waals surface area (Å²) >= 11 is 0. The molecule has 0 bridgehead atoms. The summed E-state index contributed by atoms with van der Waals surface area (Å²) in [6.07, 6.45) is 0.968. The van der Waals surface area contributed by atoms with Crippen LogP contribution < -0.4 is 14.8 Å². The predicted octanol–water partition coefficient (Wildman–Crippen LogP) is 2.72. The van der Waals surface area contributed by atoms with Gasteiger partial charge in [-0.25, -0.2) is 0 Å². The van der Waals surface area contributed by atoms with Gasteiger partial charge in [0.2, 0.25) is 11.8 Å². The van der Waals surface area contributed by atoms with Crippen molar-refractivity contribution >= 4 is 11.8 Å². The lowest BCUT2D eigenvalue weighted by Crippen LogP contribution is -2.33. The second-order valence-electron chi connectivity index (χ2n) is 7.38. The van der Waals surface area contributed by atoms with Crippen LogP contribution >= 0.6 is 0 Å². The standard InChI is InChI=1S/C23H28N2O4/c1-16-4-6-18(7-5-16)14-24-23(27)19-13-22(26)25(15-19)11-10-17-8-9-20(28-2)21(12-17)29-3/h4-9,12,19H,10-11,13-15H2,1-3H3,(H,24,27)/t19-/m1/s1. The van der Waals surface area contributed by atoms with E-state index in [0.717, 1.165) is 11.1 Å². The Balaban J connectivity index is 1.50. The maximum absolute atomic E-state index is 12.5. The fourth-order valence-corrected chi connectivity index (χ4v) is 3.50. The van der Waals surface area contributed by atoms with E-state index in [4.69, 9.17) is 9.47 Å². The normalized spacial score (nSPS) is 16.0. The quantitative estimate of drug-likeness (QED) is 0.745. The van der Waals surface area contributed by atoms with Crippen LogP contribution in [0.25, 0.3) is 0 Å². The van der Waals surface area contributed by atoms with Gasteiger partial charge in [0.1, 0.15) is 0 Å². The zero-order valence-electron chi connectivity index (χ0n) is 17.2. The van der Waals surface area contributed by atoms with Gasteiger partial charge in [-0.3, -0.25) is 9.59 Å². The van der Waals surface area contributed by atoms with Gasteiger partial charge >= 0.3 is 0 Å². The summed E-state index contributed by atoms with van der Waals surface area (Å²) in [6, 6.07) is 13.8. The van der Waals surface area contributed by atoms with E-state index in [2.05, 4.69) is 5.32 Å². The molecule has 1 aliphatic rings. The highest BCUT2D eigenvalue weighted by molar-refractivity contribution is 5.89. The van der Waals surface area contributed by atoms with E-state index < -0.39 is 0 Å². The molecule has 1 N–H and O–H groups in total. The first kappa shape index (κ1) is 20.7. The number of carbonyl (C=O) groups excluding carboxylic acids is 2. The molecule has 1 fully saturated rings. The fourth-order valence-electron chi connectivity index (χ4n) is 3.50. The number of nitrogens with zero attached hydrogens (tertiary/aromatic N) is 1. The summed E-state index contributed by atoms with van der Waals surface area (Å²) in [4.78, 5) is 26.6. The van der Waals surface area contributed by atoms with Crippen molar-refractivity contribution in [3.8, 4) is 11.5 Å². The summed E-state index contributed by atoms with van der Waals surface area (Å²) in [5.41, 5.74) is 3.30. The SMILES string of the molecule is COc1ccc(CCN2C[C@H](C(=O)NCc3ccc(C)cc3)CC2=O)cc1OC. The third-order valence-electron chi connectivity index (χ3n) is 5.29. The van der Waals surface area contributed by atoms with Crippen LogP contribution in [0.2, 0.25) is 0 Å². The van der Waals surface area contributed by atoms with Crippen LogP contribution in [0.15, 0.2) is 42.5 Å². The van der Waals surface area contributed by atoms with Crippen LogP contribution in [0.3, 0.4) is 0 Å². The van der Waals surface area contributed by atoms with Gasteiger partial charge in [0, 0.05) is 26.1 Å². The number of nitrogens with one attached hydrogen (secondary N) is 1. The lowest BCUT2D eigenvalue weighted by Gasteiger charge is -2.17. The molecule has 0 aliphatic carbocycles. The van der Waals surface area contributed by atoms with Crippen LogP contribution in [-0.4, -0.2) is 44.0 Å². The second-order valence-corrected chi connectivity index (χ2v) is 7.38. The van der Waals surface area contributed by atoms with Gasteiger partial charge in [-0.2, -0.15) is 0 Å². The Labute approximate surface area is 171 Å². The van der Waals surface area contributed by atoms with Crippen LogP contribution in [-0.2, 0) is 22.6 Å². The molecule has 1 atom stereocenters. The second kappa shape index (κ2) is 9.45. The third kappa shape index (κ3) is 5.28. The fraction of sp³-hybridized carbons (Fsp3) is 0.391. The molecule has 0 spiro atoms. The Morgan fingerprint density at radius 2 is 1.76 bits per heavy atom. The van der Waals surface area contributed by atoms with Crippen molar-refractivity contribution < 1.29 is 19.1 Å². The minimum absolute atomic E-state index is 0.0287. The largest absolute Gasteiger partial charge is 0.493 e. The molecule has 0 unspecified atom stereocenters. The smallest absolute Gasteiger partial charge is 0.225 e. The van der Waals surface area contributed by atoms with E-state index in [1.165, 1.54) is 5.56 Å². The van der Waals surface area contributed by atoms with Crippen molar-refractivity contribution in [3.05, 3.63) is 59.2 Å². The number of ether oxygens (including phenoxy) is 2. The van der Waals surface area contributed by atoms with E-state index in [-0.39, 0.29) is 24.2 Å². The minimum Gasteiger partial charge on any atom is -0.493 e. The van der Waals surface area contributed by atoms with Gasteiger partial charge in [-0.15, -0.1) is 0 Å². The molecule has 6 heteroatoms. The molecule has 1 aliphatic heterocycles.